The lowest BCUT2D eigenvalue weighted by atomic mass is 9.85. The van der Waals surface area contributed by atoms with Crippen molar-refractivity contribution in [1.29, 1.82) is 0 Å². The molecular weight excluding hydrogens is 651 g/mol. The highest BCUT2D eigenvalue weighted by molar-refractivity contribution is 7.98. The molecule has 5 unspecified atom stereocenters. The third-order valence-electron chi connectivity index (χ3n) is 8.39. The van der Waals surface area contributed by atoms with Gasteiger partial charge in [-0.2, -0.15) is 11.8 Å². The van der Waals surface area contributed by atoms with Crippen molar-refractivity contribution in [2.75, 3.05) is 30.9 Å². The van der Waals surface area contributed by atoms with E-state index < -0.39 is 74.2 Å². The maximum Gasteiger partial charge on any atom is 0.315 e. The molecule has 0 spiro atoms. The minimum atomic E-state index is -1.22. The van der Waals surface area contributed by atoms with E-state index in [4.69, 9.17) is 6.42 Å². The first-order valence-corrected chi connectivity index (χ1v) is 19.7. The van der Waals surface area contributed by atoms with Gasteiger partial charge >= 0.3 is 6.03 Å². The summed E-state index contributed by atoms with van der Waals surface area (Å²) in [6.45, 7) is 17.7. The highest BCUT2D eigenvalue weighted by Gasteiger charge is 2.45. The molecule has 4 N–H and O–H groups in total. The van der Waals surface area contributed by atoms with Crippen LogP contribution in [0.1, 0.15) is 107 Å². The van der Waals surface area contributed by atoms with Gasteiger partial charge in [-0.15, -0.1) is 12.3 Å². The van der Waals surface area contributed by atoms with Gasteiger partial charge in [-0.05, 0) is 64.5 Å². The molecule has 0 aliphatic carbocycles. The maximum absolute atomic E-state index is 14.2. The molecule has 0 radical (unpaired) electrons. The Kier molecular flexibility index (Phi) is 17.7. The second kappa shape index (κ2) is 19.6. The fourth-order valence-corrected chi connectivity index (χ4v) is 7.05. The molecule has 0 bridgehead atoms. The van der Waals surface area contributed by atoms with Crippen LogP contribution in [0.2, 0.25) is 0 Å². The molecule has 1 saturated heterocycles. The van der Waals surface area contributed by atoms with Crippen molar-refractivity contribution in [2.45, 2.75) is 136 Å². The van der Waals surface area contributed by atoms with Gasteiger partial charge in [0.2, 0.25) is 17.6 Å². The number of nitrogens with one attached hydrogen (secondary N) is 4. The second-order valence-electron chi connectivity index (χ2n) is 15.3. The van der Waals surface area contributed by atoms with Crippen LogP contribution in [-0.4, -0.2) is 97.9 Å². The van der Waals surface area contributed by atoms with Crippen LogP contribution in [0.5, 0.6) is 0 Å². The van der Waals surface area contributed by atoms with E-state index in [0.29, 0.717) is 25.1 Å². The Labute approximate surface area is 295 Å². The number of amides is 5. The Hall–Kier alpha value is -2.59. The van der Waals surface area contributed by atoms with Gasteiger partial charge in [-0.25, -0.2) is 4.79 Å². The van der Waals surface area contributed by atoms with Gasteiger partial charge in [0.1, 0.15) is 12.1 Å². The van der Waals surface area contributed by atoms with E-state index in [1.165, 1.54) is 16.7 Å². The third kappa shape index (κ3) is 14.1. The third-order valence-corrected chi connectivity index (χ3v) is 11.3. The summed E-state index contributed by atoms with van der Waals surface area (Å²) in [6.07, 6.45) is 11.4. The zero-order valence-electron chi connectivity index (χ0n) is 30.9. The molecule has 0 aromatic heterocycles. The van der Waals surface area contributed by atoms with Crippen LogP contribution in [0.15, 0.2) is 0 Å². The summed E-state index contributed by atoms with van der Waals surface area (Å²) >= 11 is 1.52. The first-order chi connectivity index (χ1) is 22.2. The van der Waals surface area contributed by atoms with Crippen molar-refractivity contribution < 1.29 is 28.2 Å². The van der Waals surface area contributed by atoms with Gasteiger partial charge < -0.3 is 26.2 Å². The van der Waals surface area contributed by atoms with Gasteiger partial charge in [0.05, 0.1) is 11.6 Å². The molecule has 0 aromatic rings. The molecule has 48 heavy (non-hydrogen) atoms. The number of rotatable bonds is 18. The average Bonchev–Trinajstić information content (AvgIpc) is 3.38. The van der Waals surface area contributed by atoms with Crippen molar-refractivity contribution in [1.82, 2.24) is 26.2 Å². The standard InChI is InChI=1S/C35H61N5O6S2/c1-12-14-16-18-35(10,23-48(46)34(7,8)9)39-32(45)38-28(33(4,5)6)31(44)40-22-24(3)21-26(40)29(42)37-25(17-15-13-2)27(41)30(43)36-19-20-47-11/h2,24-26,28H,12,14-23H2,1,3-11H3,(H,36,43)(H,37,42)(H2,38,39,45)/t24?,25?,26-,28?,35?,48?/m0/s1. The van der Waals surface area contributed by atoms with Gasteiger partial charge in [0, 0.05) is 46.6 Å². The fraction of sp³-hybridized carbons (Fsp3) is 0.800. The SMILES string of the molecule is C#CCCC(NC(=O)[C@@H]1CC(C)CN1C(=O)C(NC(=O)NC(C)(CCCCC)CS(=O)C(C)(C)C)C(C)(C)C)C(=O)C(=O)NCCSC. The van der Waals surface area contributed by atoms with Gasteiger partial charge in [-0.3, -0.25) is 23.4 Å². The highest BCUT2D eigenvalue weighted by atomic mass is 32.2. The normalized spacial score (nSPS) is 19.6. The van der Waals surface area contributed by atoms with Crippen LogP contribution in [0.4, 0.5) is 4.79 Å². The lowest BCUT2D eigenvalue weighted by Crippen LogP contribution is -2.62. The summed E-state index contributed by atoms with van der Waals surface area (Å²) in [5, 5.41) is 11.2. The van der Waals surface area contributed by atoms with E-state index in [0.717, 1.165) is 19.3 Å². The van der Waals surface area contributed by atoms with Crippen molar-refractivity contribution in [2.24, 2.45) is 11.3 Å². The van der Waals surface area contributed by atoms with Gasteiger partial charge in [0.15, 0.2) is 0 Å². The molecule has 1 fully saturated rings. The van der Waals surface area contributed by atoms with Crippen molar-refractivity contribution in [3.63, 3.8) is 0 Å². The quantitative estimate of drug-likeness (QED) is 0.0960. The Balaban J connectivity index is 3.24. The van der Waals surface area contributed by atoms with Crippen LogP contribution >= 0.6 is 11.8 Å². The molecule has 0 saturated carbocycles. The lowest BCUT2D eigenvalue weighted by molar-refractivity contribution is -0.143. The number of unbranched alkanes of at least 4 members (excludes halogenated alkanes) is 2. The van der Waals surface area contributed by atoms with E-state index >= 15 is 0 Å². The van der Waals surface area contributed by atoms with E-state index in [2.05, 4.69) is 34.1 Å². The van der Waals surface area contributed by atoms with Gasteiger partial charge in [-0.1, -0.05) is 53.9 Å². The Morgan fingerprint density at radius 3 is 2.23 bits per heavy atom. The number of ketones is 1. The fourth-order valence-electron chi connectivity index (χ4n) is 5.51. The Morgan fingerprint density at radius 1 is 1.04 bits per heavy atom. The average molecular weight is 712 g/mol. The first kappa shape index (κ1) is 43.4. The summed E-state index contributed by atoms with van der Waals surface area (Å²) in [5.41, 5.74) is -1.50. The Morgan fingerprint density at radius 2 is 1.69 bits per heavy atom. The van der Waals surface area contributed by atoms with Crippen molar-refractivity contribution >= 4 is 52.1 Å². The van der Waals surface area contributed by atoms with Crippen LogP contribution < -0.4 is 21.3 Å². The number of likely N-dealkylation sites (tertiary alicyclic amines) is 1. The minimum Gasteiger partial charge on any atom is -0.349 e. The highest BCUT2D eigenvalue weighted by Crippen LogP contribution is 2.29. The number of carbonyl (C=O) groups is 5. The van der Waals surface area contributed by atoms with E-state index in [1.54, 1.807) is 0 Å². The summed E-state index contributed by atoms with van der Waals surface area (Å²) in [7, 11) is -1.22. The summed E-state index contributed by atoms with van der Waals surface area (Å²) in [5.74, 6) is 0.769. The number of carbonyl (C=O) groups excluding carboxylic acids is 5. The summed E-state index contributed by atoms with van der Waals surface area (Å²) in [6, 6.07) is -3.58. The number of nitrogens with zero attached hydrogens (tertiary/aromatic N) is 1. The molecule has 1 heterocycles. The number of hydrogen-bond donors (Lipinski definition) is 4. The van der Waals surface area contributed by atoms with E-state index in [1.807, 2.05) is 61.6 Å². The largest absolute Gasteiger partial charge is 0.349 e. The van der Waals surface area contributed by atoms with Crippen LogP contribution in [0.25, 0.3) is 0 Å². The predicted octanol–water partition coefficient (Wildman–Crippen LogP) is 3.77. The number of terminal acetylenes is 1. The molecule has 274 valence electrons. The number of urea groups is 1. The molecular formula is C35H61N5O6S2. The molecule has 6 atom stereocenters. The molecule has 0 aromatic carbocycles. The minimum absolute atomic E-state index is 0.0249. The monoisotopic (exact) mass is 711 g/mol. The summed E-state index contributed by atoms with van der Waals surface area (Å²) in [4.78, 5) is 68.5. The summed E-state index contributed by atoms with van der Waals surface area (Å²) < 4.78 is 12.7. The molecule has 5 amide bonds. The van der Waals surface area contributed by atoms with E-state index in [9.17, 15) is 28.2 Å². The van der Waals surface area contributed by atoms with E-state index in [-0.39, 0.29) is 31.1 Å². The van der Waals surface area contributed by atoms with Crippen LogP contribution in [0.3, 0.4) is 0 Å². The number of Topliss-reactive ketones (excluding diaryl/α,β-unsaturated/α-hetero) is 1. The predicted molar refractivity (Wildman–Crippen MR) is 196 cm³/mol. The zero-order chi connectivity index (χ0) is 36.9. The first-order valence-electron chi connectivity index (χ1n) is 17.0. The molecule has 1 rings (SSSR count). The maximum atomic E-state index is 14.2. The van der Waals surface area contributed by atoms with Gasteiger partial charge in [0.25, 0.3) is 5.91 Å². The van der Waals surface area contributed by atoms with Crippen LogP contribution in [0, 0.1) is 23.7 Å². The Bertz CT molecular complexity index is 1190. The lowest BCUT2D eigenvalue weighted by Gasteiger charge is -2.38. The molecule has 1 aliphatic heterocycles. The van der Waals surface area contributed by atoms with Crippen molar-refractivity contribution in [3.05, 3.63) is 0 Å². The van der Waals surface area contributed by atoms with Crippen molar-refractivity contribution in [3.8, 4) is 12.3 Å². The molecule has 1 aliphatic rings. The number of thioether (sulfide) groups is 1. The van der Waals surface area contributed by atoms with Crippen LogP contribution in [-0.2, 0) is 30.0 Å². The molecule has 11 nitrogen and oxygen atoms in total. The molecule has 13 heteroatoms. The topological polar surface area (TPSA) is 154 Å². The smallest absolute Gasteiger partial charge is 0.315 e. The number of hydrogen-bond acceptors (Lipinski definition) is 7. The zero-order valence-corrected chi connectivity index (χ0v) is 32.5. The second-order valence-corrected chi connectivity index (χ2v) is 18.5.